The van der Waals surface area contributed by atoms with Gasteiger partial charge in [0.1, 0.15) is 5.84 Å². The Morgan fingerprint density at radius 1 is 1.15 bits per heavy atom. The Labute approximate surface area is 125 Å². The summed E-state index contributed by atoms with van der Waals surface area (Å²) in [4.78, 5) is 4.25. The number of amidine groups is 1. The van der Waals surface area contributed by atoms with Crippen molar-refractivity contribution in [1.82, 2.24) is 4.98 Å². The predicted molar refractivity (Wildman–Crippen MR) is 84.9 cm³/mol. The van der Waals surface area contributed by atoms with Crippen LogP contribution in [0.5, 0.6) is 0 Å². The SMILES string of the molecule is N=C(N)c1cc(Cl)ccc1Sc1cc2ccccc2[nH]1. The number of fused-ring (bicyclic) bond motifs is 1. The van der Waals surface area contributed by atoms with Gasteiger partial charge in [-0.25, -0.2) is 0 Å². The van der Waals surface area contributed by atoms with Gasteiger partial charge < -0.3 is 10.7 Å². The summed E-state index contributed by atoms with van der Waals surface area (Å²) in [5.74, 6) is 0.0195. The third-order valence-corrected chi connectivity index (χ3v) is 4.21. The van der Waals surface area contributed by atoms with Crippen LogP contribution < -0.4 is 5.73 Å². The van der Waals surface area contributed by atoms with E-state index in [0.717, 1.165) is 20.8 Å². The highest BCUT2D eigenvalue weighted by molar-refractivity contribution is 7.99. The van der Waals surface area contributed by atoms with Gasteiger partial charge in [-0.05, 0) is 30.3 Å². The molecule has 100 valence electrons. The van der Waals surface area contributed by atoms with E-state index in [-0.39, 0.29) is 5.84 Å². The second-order valence-electron chi connectivity index (χ2n) is 4.38. The molecule has 1 heterocycles. The summed E-state index contributed by atoms with van der Waals surface area (Å²) in [6.45, 7) is 0. The van der Waals surface area contributed by atoms with Gasteiger partial charge in [-0.1, -0.05) is 41.6 Å². The standard InChI is InChI=1S/C15H12ClN3S/c16-10-5-6-13(11(8-10)15(17)18)20-14-7-9-3-1-2-4-12(9)19-14/h1-8,19H,(H3,17,18). The highest BCUT2D eigenvalue weighted by atomic mass is 35.5. The topological polar surface area (TPSA) is 65.7 Å². The number of nitrogens with one attached hydrogen (secondary N) is 2. The summed E-state index contributed by atoms with van der Waals surface area (Å²) < 4.78 is 0. The molecule has 3 nitrogen and oxygen atoms in total. The van der Waals surface area contributed by atoms with Gasteiger partial charge in [-0.2, -0.15) is 0 Å². The molecule has 5 heteroatoms. The molecule has 3 aromatic rings. The van der Waals surface area contributed by atoms with Crippen LogP contribution in [0.1, 0.15) is 5.56 Å². The molecule has 0 amide bonds. The third kappa shape index (κ3) is 2.53. The van der Waals surface area contributed by atoms with Gasteiger partial charge in [0.2, 0.25) is 0 Å². The van der Waals surface area contributed by atoms with Crippen LogP contribution in [-0.4, -0.2) is 10.8 Å². The van der Waals surface area contributed by atoms with Gasteiger partial charge in [-0.15, -0.1) is 0 Å². The zero-order valence-electron chi connectivity index (χ0n) is 10.5. The Morgan fingerprint density at radius 2 is 1.95 bits per heavy atom. The minimum absolute atomic E-state index is 0.0195. The van der Waals surface area contributed by atoms with Crippen LogP contribution >= 0.6 is 23.4 Å². The Balaban J connectivity index is 2.00. The largest absolute Gasteiger partial charge is 0.384 e. The van der Waals surface area contributed by atoms with Crippen molar-refractivity contribution in [2.75, 3.05) is 0 Å². The molecule has 0 unspecified atom stereocenters. The van der Waals surface area contributed by atoms with Crippen molar-refractivity contribution in [2.45, 2.75) is 9.92 Å². The second kappa shape index (κ2) is 5.23. The van der Waals surface area contributed by atoms with Crippen LogP contribution in [0.4, 0.5) is 0 Å². The first-order valence-corrected chi connectivity index (χ1v) is 7.22. The number of nitrogen functional groups attached to an aromatic ring is 1. The summed E-state index contributed by atoms with van der Waals surface area (Å²) >= 11 is 7.50. The number of rotatable bonds is 3. The molecular weight excluding hydrogens is 290 g/mol. The first-order valence-electron chi connectivity index (χ1n) is 6.03. The van der Waals surface area contributed by atoms with Crippen molar-refractivity contribution in [3.63, 3.8) is 0 Å². The maximum atomic E-state index is 7.64. The van der Waals surface area contributed by atoms with Gasteiger partial charge in [0, 0.05) is 26.4 Å². The number of halogens is 1. The fraction of sp³-hybridized carbons (Fsp3) is 0. The Morgan fingerprint density at radius 3 is 2.70 bits per heavy atom. The van der Waals surface area contributed by atoms with E-state index < -0.39 is 0 Å². The van der Waals surface area contributed by atoms with Gasteiger partial charge in [0.25, 0.3) is 0 Å². The number of aromatic nitrogens is 1. The summed E-state index contributed by atoms with van der Waals surface area (Å²) in [6.07, 6.45) is 0. The van der Waals surface area contributed by atoms with E-state index in [1.165, 1.54) is 0 Å². The van der Waals surface area contributed by atoms with Gasteiger partial charge in [-0.3, -0.25) is 5.41 Å². The highest BCUT2D eigenvalue weighted by Gasteiger charge is 2.09. The molecule has 0 atom stereocenters. The molecule has 0 radical (unpaired) electrons. The predicted octanol–water partition coefficient (Wildman–Crippen LogP) is 4.26. The fourth-order valence-corrected chi connectivity index (χ4v) is 3.19. The van der Waals surface area contributed by atoms with Crippen LogP contribution in [0.2, 0.25) is 5.02 Å². The summed E-state index contributed by atoms with van der Waals surface area (Å²) in [5.41, 5.74) is 7.36. The molecular formula is C15H12ClN3S. The van der Waals surface area contributed by atoms with Crippen LogP contribution in [0.3, 0.4) is 0 Å². The van der Waals surface area contributed by atoms with Crippen molar-refractivity contribution in [1.29, 1.82) is 5.41 Å². The highest BCUT2D eigenvalue weighted by Crippen LogP contribution is 2.33. The number of para-hydroxylation sites is 1. The molecule has 20 heavy (non-hydrogen) atoms. The van der Waals surface area contributed by atoms with Crippen molar-refractivity contribution in [3.8, 4) is 0 Å². The van der Waals surface area contributed by atoms with Crippen molar-refractivity contribution in [3.05, 3.63) is 59.1 Å². The number of hydrogen-bond donors (Lipinski definition) is 3. The zero-order valence-corrected chi connectivity index (χ0v) is 12.1. The van der Waals surface area contributed by atoms with E-state index >= 15 is 0 Å². The quantitative estimate of drug-likeness (QED) is 0.500. The number of hydrogen-bond acceptors (Lipinski definition) is 2. The van der Waals surface area contributed by atoms with Gasteiger partial charge in [0.05, 0.1) is 5.03 Å². The van der Waals surface area contributed by atoms with E-state index in [4.69, 9.17) is 22.7 Å². The molecule has 2 aromatic carbocycles. The first kappa shape index (κ1) is 13.1. The van der Waals surface area contributed by atoms with Crippen molar-refractivity contribution in [2.24, 2.45) is 5.73 Å². The number of H-pyrrole nitrogens is 1. The molecule has 0 bridgehead atoms. The molecule has 0 saturated carbocycles. The maximum Gasteiger partial charge on any atom is 0.123 e. The summed E-state index contributed by atoms with van der Waals surface area (Å²) in [7, 11) is 0. The van der Waals surface area contributed by atoms with Gasteiger partial charge >= 0.3 is 0 Å². The number of nitrogens with two attached hydrogens (primary N) is 1. The van der Waals surface area contributed by atoms with Crippen molar-refractivity contribution < 1.29 is 0 Å². The average Bonchev–Trinajstić information content (AvgIpc) is 2.82. The van der Waals surface area contributed by atoms with Crippen molar-refractivity contribution >= 4 is 40.1 Å². The van der Waals surface area contributed by atoms with Crippen LogP contribution in [0, 0.1) is 5.41 Å². The molecule has 0 saturated heterocycles. The van der Waals surface area contributed by atoms with Crippen LogP contribution in [0.15, 0.2) is 58.5 Å². The molecule has 3 rings (SSSR count). The molecule has 4 N–H and O–H groups in total. The lowest BCUT2D eigenvalue weighted by Gasteiger charge is -2.07. The Bertz CT molecular complexity index is 762. The second-order valence-corrected chi connectivity index (χ2v) is 5.90. The molecule has 0 aliphatic heterocycles. The minimum atomic E-state index is 0.0195. The lowest BCUT2D eigenvalue weighted by atomic mass is 10.2. The lowest BCUT2D eigenvalue weighted by molar-refractivity contribution is 1.23. The molecule has 0 aliphatic rings. The molecule has 0 spiro atoms. The smallest absolute Gasteiger partial charge is 0.123 e. The normalized spacial score (nSPS) is 10.8. The fourth-order valence-electron chi connectivity index (χ4n) is 2.02. The van der Waals surface area contributed by atoms with Crippen LogP contribution in [-0.2, 0) is 0 Å². The Kier molecular flexibility index (Phi) is 3.42. The zero-order chi connectivity index (χ0) is 14.1. The number of benzene rings is 2. The van der Waals surface area contributed by atoms with Crippen LogP contribution in [0.25, 0.3) is 10.9 Å². The molecule has 0 fully saturated rings. The average molecular weight is 302 g/mol. The first-order chi connectivity index (χ1) is 9.63. The summed E-state index contributed by atoms with van der Waals surface area (Å²) in [5, 5.41) is 10.4. The minimum Gasteiger partial charge on any atom is -0.384 e. The maximum absolute atomic E-state index is 7.64. The van der Waals surface area contributed by atoms with E-state index in [9.17, 15) is 0 Å². The van der Waals surface area contributed by atoms with E-state index in [1.54, 1.807) is 23.9 Å². The van der Waals surface area contributed by atoms with Gasteiger partial charge in [0.15, 0.2) is 0 Å². The monoisotopic (exact) mass is 301 g/mol. The summed E-state index contributed by atoms with van der Waals surface area (Å²) in [6, 6.07) is 15.6. The molecule has 1 aromatic heterocycles. The van der Waals surface area contributed by atoms with E-state index in [0.29, 0.717) is 10.6 Å². The van der Waals surface area contributed by atoms with E-state index in [1.807, 2.05) is 24.3 Å². The lowest BCUT2D eigenvalue weighted by Crippen LogP contribution is -2.12. The van der Waals surface area contributed by atoms with E-state index in [2.05, 4.69) is 17.1 Å². The Hall–Kier alpha value is -1.91. The third-order valence-electron chi connectivity index (χ3n) is 2.96. The molecule has 0 aliphatic carbocycles. The number of aromatic amines is 1.